The summed E-state index contributed by atoms with van der Waals surface area (Å²) in [6.07, 6.45) is 10.9. The molecule has 6 nitrogen and oxygen atoms in total. The molecule has 1 fully saturated rings. The Labute approximate surface area is 165 Å². The van der Waals surface area contributed by atoms with E-state index >= 15 is 0 Å². The van der Waals surface area contributed by atoms with Gasteiger partial charge in [0.25, 0.3) is 5.91 Å². The molecule has 8 heteroatoms. The van der Waals surface area contributed by atoms with Crippen molar-refractivity contribution in [3.05, 3.63) is 39.8 Å². The van der Waals surface area contributed by atoms with E-state index in [1.807, 2.05) is 0 Å². The largest absolute Gasteiger partial charge is 0.465 e. The third-order valence-electron chi connectivity index (χ3n) is 3.88. The Hall–Kier alpha value is -1.93. The van der Waals surface area contributed by atoms with Crippen molar-refractivity contribution < 1.29 is 14.7 Å². The minimum absolute atomic E-state index is 0.308. The fraction of sp³-hybridized carbons (Fsp3) is 0.389. The van der Waals surface area contributed by atoms with Crippen LogP contribution >= 0.6 is 27.3 Å². The number of thiazole rings is 1. The monoisotopic (exact) mass is 439 g/mol. The van der Waals surface area contributed by atoms with Gasteiger partial charge in [-0.15, -0.1) is 11.3 Å². The normalized spacial score (nSPS) is 13.7. The van der Waals surface area contributed by atoms with Gasteiger partial charge in [-0.1, -0.05) is 44.9 Å². The van der Waals surface area contributed by atoms with E-state index in [-0.39, 0.29) is 5.91 Å². The molecule has 0 saturated heterocycles. The van der Waals surface area contributed by atoms with Crippen molar-refractivity contribution in [3.63, 3.8) is 0 Å². The van der Waals surface area contributed by atoms with E-state index in [9.17, 15) is 9.59 Å². The SMILES string of the molecule is C1CCCCCC1.O=C(O)Nc1ccc(C(=O)Nc2nccs2)cc1Br. The van der Waals surface area contributed by atoms with Gasteiger partial charge in [-0.05, 0) is 34.1 Å². The minimum Gasteiger partial charge on any atom is -0.465 e. The maximum atomic E-state index is 11.9. The Morgan fingerprint density at radius 2 is 1.65 bits per heavy atom. The van der Waals surface area contributed by atoms with Gasteiger partial charge in [-0.25, -0.2) is 9.78 Å². The summed E-state index contributed by atoms with van der Waals surface area (Å²) in [5.74, 6) is -0.308. The number of amides is 2. The number of aromatic nitrogens is 1. The molecule has 0 unspecified atom stereocenters. The lowest BCUT2D eigenvalue weighted by Crippen LogP contribution is -2.12. The average Bonchev–Trinajstić information content (AvgIpc) is 2.93. The summed E-state index contributed by atoms with van der Waals surface area (Å²) >= 11 is 4.52. The molecule has 1 aliphatic carbocycles. The molecular formula is C18H22BrN3O3S. The first-order valence-corrected chi connectivity index (χ1v) is 10.2. The topological polar surface area (TPSA) is 91.3 Å². The summed E-state index contributed by atoms with van der Waals surface area (Å²) in [5, 5.41) is 15.7. The molecule has 0 spiro atoms. The lowest BCUT2D eigenvalue weighted by atomic mass is 10.2. The quantitative estimate of drug-likeness (QED) is 0.512. The number of halogens is 1. The smallest absolute Gasteiger partial charge is 0.409 e. The van der Waals surface area contributed by atoms with Gasteiger partial charge in [0.05, 0.1) is 5.69 Å². The maximum Gasteiger partial charge on any atom is 0.409 e. The van der Waals surface area contributed by atoms with E-state index in [1.54, 1.807) is 11.6 Å². The van der Waals surface area contributed by atoms with Crippen LogP contribution in [-0.2, 0) is 0 Å². The third kappa shape index (κ3) is 7.13. The zero-order valence-electron chi connectivity index (χ0n) is 14.3. The van der Waals surface area contributed by atoms with Gasteiger partial charge in [0, 0.05) is 21.6 Å². The summed E-state index contributed by atoms with van der Waals surface area (Å²) in [6, 6.07) is 4.57. The highest BCUT2D eigenvalue weighted by molar-refractivity contribution is 9.10. The van der Waals surface area contributed by atoms with Crippen LogP contribution in [0.15, 0.2) is 34.2 Å². The molecule has 1 aromatic heterocycles. The summed E-state index contributed by atoms with van der Waals surface area (Å²) in [4.78, 5) is 26.4. The van der Waals surface area contributed by atoms with Crippen LogP contribution in [0.4, 0.5) is 15.6 Å². The van der Waals surface area contributed by atoms with Gasteiger partial charge < -0.3 is 5.11 Å². The first kappa shape index (κ1) is 20.4. The number of nitrogens with zero attached hydrogens (tertiary/aromatic N) is 1. The van der Waals surface area contributed by atoms with E-state index < -0.39 is 6.09 Å². The second kappa shape index (κ2) is 10.9. The zero-order chi connectivity index (χ0) is 18.8. The number of carbonyl (C=O) groups is 2. The van der Waals surface area contributed by atoms with Crippen molar-refractivity contribution in [2.75, 3.05) is 10.6 Å². The molecule has 0 aliphatic heterocycles. The van der Waals surface area contributed by atoms with E-state index in [0.29, 0.717) is 20.9 Å². The lowest BCUT2D eigenvalue weighted by molar-refractivity contribution is 0.102. The first-order chi connectivity index (χ1) is 12.6. The molecule has 1 saturated carbocycles. The lowest BCUT2D eigenvalue weighted by Gasteiger charge is -2.06. The summed E-state index contributed by atoms with van der Waals surface area (Å²) in [6.45, 7) is 0. The predicted molar refractivity (Wildman–Crippen MR) is 108 cm³/mol. The predicted octanol–water partition coefficient (Wildman–Crippen LogP) is 5.98. The van der Waals surface area contributed by atoms with Crippen LogP contribution in [0.1, 0.15) is 55.3 Å². The molecule has 0 radical (unpaired) electrons. The van der Waals surface area contributed by atoms with Crippen molar-refractivity contribution in [2.45, 2.75) is 44.9 Å². The van der Waals surface area contributed by atoms with E-state index in [2.05, 4.69) is 31.5 Å². The fourth-order valence-corrected chi connectivity index (χ4v) is 3.57. The Kier molecular flexibility index (Phi) is 8.57. The standard InChI is InChI=1S/C11H8BrN3O3S.C7H14/c12-7-5-6(1-2-8(7)14-11(17)18)9(16)15-10-13-3-4-19-10;1-2-4-6-7-5-3-1/h1-5,14H,(H,17,18)(H,13,15,16);1-7H2. The van der Waals surface area contributed by atoms with Crippen LogP contribution in [0.2, 0.25) is 0 Å². The van der Waals surface area contributed by atoms with Crippen LogP contribution in [-0.4, -0.2) is 22.1 Å². The third-order valence-corrected chi connectivity index (χ3v) is 5.22. The highest BCUT2D eigenvalue weighted by atomic mass is 79.9. The summed E-state index contributed by atoms with van der Waals surface area (Å²) in [7, 11) is 0. The van der Waals surface area contributed by atoms with Gasteiger partial charge in [-0.3, -0.25) is 15.4 Å². The van der Waals surface area contributed by atoms with Crippen LogP contribution in [0.5, 0.6) is 0 Å². The van der Waals surface area contributed by atoms with E-state index in [0.717, 1.165) is 0 Å². The molecule has 26 heavy (non-hydrogen) atoms. The van der Waals surface area contributed by atoms with Crippen molar-refractivity contribution in [3.8, 4) is 0 Å². The number of hydrogen-bond donors (Lipinski definition) is 3. The van der Waals surface area contributed by atoms with Gasteiger partial charge in [0.1, 0.15) is 0 Å². The van der Waals surface area contributed by atoms with Gasteiger partial charge in [-0.2, -0.15) is 0 Å². The van der Waals surface area contributed by atoms with Crippen molar-refractivity contribution in [2.24, 2.45) is 0 Å². The molecular weight excluding hydrogens is 418 g/mol. The molecule has 0 atom stereocenters. The van der Waals surface area contributed by atoms with Crippen LogP contribution < -0.4 is 10.6 Å². The molecule has 2 amide bonds. The molecule has 3 rings (SSSR count). The summed E-state index contributed by atoms with van der Waals surface area (Å²) < 4.78 is 0.488. The average molecular weight is 440 g/mol. The van der Waals surface area contributed by atoms with E-state index in [4.69, 9.17) is 5.11 Å². The van der Waals surface area contributed by atoms with E-state index in [1.165, 1.54) is 74.5 Å². The highest BCUT2D eigenvalue weighted by Gasteiger charge is 2.11. The molecule has 1 aliphatic rings. The van der Waals surface area contributed by atoms with Crippen LogP contribution in [0.25, 0.3) is 0 Å². The zero-order valence-corrected chi connectivity index (χ0v) is 16.7. The second-order valence-electron chi connectivity index (χ2n) is 5.89. The number of benzene rings is 1. The number of anilines is 2. The molecule has 1 aromatic carbocycles. The number of carbonyl (C=O) groups excluding carboxylic acids is 1. The van der Waals surface area contributed by atoms with Crippen LogP contribution in [0, 0.1) is 0 Å². The summed E-state index contributed by atoms with van der Waals surface area (Å²) in [5.41, 5.74) is 0.774. The Morgan fingerprint density at radius 1 is 1.04 bits per heavy atom. The molecule has 0 bridgehead atoms. The van der Waals surface area contributed by atoms with Gasteiger partial charge >= 0.3 is 6.09 Å². The molecule has 2 aromatic rings. The maximum absolute atomic E-state index is 11.9. The Bertz CT molecular complexity index is 703. The van der Waals surface area contributed by atoms with Crippen molar-refractivity contribution in [1.29, 1.82) is 0 Å². The Morgan fingerprint density at radius 3 is 2.12 bits per heavy atom. The number of rotatable bonds is 3. The number of carboxylic acid groups (broad SMARTS) is 1. The second-order valence-corrected chi connectivity index (χ2v) is 7.64. The molecule has 1 heterocycles. The Balaban J connectivity index is 0.000000290. The highest BCUT2D eigenvalue weighted by Crippen LogP contribution is 2.24. The number of nitrogens with one attached hydrogen (secondary N) is 2. The number of hydrogen-bond acceptors (Lipinski definition) is 4. The fourth-order valence-electron chi connectivity index (χ4n) is 2.56. The van der Waals surface area contributed by atoms with Crippen molar-refractivity contribution in [1.82, 2.24) is 4.98 Å². The van der Waals surface area contributed by atoms with Gasteiger partial charge in [0.15, 0.2) is 5.13 Å². The minimum atomic E-state index is -1.17. The van der Waals surface area contributed by atoms with Crippen LogP contribution in [0.3, 0.4) is 0 Å². The van der Waals surface area contributed by atoms with Gasteiger partial charge in [0.2, 0.25) is 0 Å². The van der Waals surface area contributed by atoms with Crippen molar-refractivity contribution >= 4 is 50.1 Å². The first-order valence-electron chi connectivity index (χ1n) is 8.56. The molecule has 3 N–H and O–H groups in total. The molecule has 140 valence electrons.